The summed E-state index contributed by atoms with van der Waals surface area (Å²) < 4.78 is 0. The van der Waals surface area contributed by atoms with Crippen molar-refractivity contribution in [1.82, 2.24) is 15.1 Å². The molecule has 1 unspecified atom stereocenters. The van der Waals surface area contributed by atoms with E-state index in [1.54, 1.807) is 18.2 Å². The van der Waals surface area contributed by atoms with E-state index in [0.717, 1.165) is 24.2 Å². The van der Waals surface area contributed by atoms with Gasteiger partial charge in [-0.2, -0.15) is 0 Å². The van der Waals surface area contributed by atoms with Gasteiger partial charge >= 0.3 is 0 Å². The van der Waals surface area contributed by atoms with Crippen LogP contribution in [0.2, 0.25) is 0 Å². The average Bonchev–Trinajstić information content (AvgIpc) is 2.84. The first kappa shape index (κ1) is 16.4. The zero-order chi connectivity index (χ0) is 17.3. The van der Waals surface area contributed by atoms with Gasteiger partial charge in [-0.15, -0.1) is 0 Å². The van der Waals surface area contributed by atoms with E-state index < -0.39 is 0 Å². The van der Waals surface area contributed by atoms with Gasteiger partial charge in [0.25, 0.3) is 5.91 Å². The number of fused-ring (bicyclic) bond motifs is 1. The van der Waals surface area contributed by atoms with Crippen molar-refractivity contribution in [2.45, 2.75) is 18.9 Å². The lowest BCUT2D eigenvalue weighted by atomic mass is 10.0. The summed E-state index contributed by atoms with van der Waals surface area (Å²) in [6.07, 6.45) is 1.22. The van der Waals surface area contributed by atoms with Crippen molar-refractivity contribution in [1.29, 1.82) is 0 Å². The van der Waals surface area contributed by atoms with Gasteiger partial charge < -0.3 is 20.4 Å². The minimum absolute atomic E-state index is 0.0490. The Bertz CT molecular complexity index is 686. The zero-order valence-corrected chi connectivity index (χ0v) is 14.0. The number of amides is 3. The van der Waals surface area contributed by atoms with E-state index in [1.807, 2.05) is 23.9 Å². The molecule has 24 heavy (non-hydrogen) atoms. The molecule has 0 bridgehead atoms. The van der Waals surface area contributed by atoms with Gasteiger partial charge in [0.15, 0.2) is 0 Å². The SMILES string of the molecule is CN(C)CC(=O)N1CCC1CNC(=O)c1ccc2c(c1)CC(=O)N2. The van der Waals surface area contributed by atoms with Crippen molar-refractivity contribution in [3.63, 3.8) is 0 Å². The summed E-state index contributed by atoms with van der Waals surface area (Å²) in [6.45, 7) is 1.59. The van der Waals surface area contributed by atoms with Crippen LogP contribution >= 0.6 is 0 Å². The second-order valence-electron chi connectivity index (χ2n) is 6.57. The van der Waals surface area contributed by atoms with Crippen molar-refractivity contribution in [2.75, 3.05) is 39.0 Å². The molecule has 0 saturated carbocycles. The second kappa shape index (κ2) is 6.60. The molecule has 1 aromatic carbocycles. The molecule has 3 rings (SSSR count). The number of hydrogen-bond acceptors (Lipinski definition) is 4. The van der Waals surface area contributed by atoms with Crippen molar-refractivity contribution >= 4 is 23.4 Å². The molecule has 1 fully saturated rings. The standard InChI is InChI=1S/C17H22N4O3/c1-20(2)10-16(23)21-6-5-13(21)9-18-17(24)11-3-4-14-12(7-11)8-15(22)19-14/h3-4,7,13H,5-6,8-10H2,1-2H3,(H,18,24)(H,19,22). The fraction of sp³-hybridized carbons (Fsp3) is 0.471. The first-order valence-corrected chi connectivity index (χ1v) is 8.09. The molecule has 1 aromatic rings. The fourth-order valence-corrected chi connectivity index (χ4v) is 3.03. The molecule has 2 N–H and O–H groups in total. The lowest BCUT2D eigenvalue weighted by Gasteiger charge is -2.41. The minimum Gasteiger partial charge on any atom is -0.350 e. The van der Waals surface area contributed by atoms with Crippen LogP contribution in [0, 0.1) is 0 Å². The van der Waals surface area contributed by atoms with Crippen LogP contribution in [0.25, 0.3) is 0 Å². The van der Waals surface area contributed by atoms with Gasteiger partial charge in [0.2, 0.25) is 11.8 Å². The maximum absolute atomic E-state index is 12.3. The first-order chi connectivity index (χ1) is 11.4. The number of carbonyl (C=O) groups is 3. The number of nitrogens with one attached hydrogen (secondary N) is 2. The first-order valence-electron chi connectivity index (χ1n) is 8.09. The maximum Gasteiger partial charge on any atom is 0.251 e. The van der Waals surface area contributed by atoms with Gasteiger partial charge in [0.1, 0.15) is 0 Å². The number of benzene rings is 1. The Kier molecular flexibility index (Phi) is 4.53. The van der Waals surface area contributed by atoms with Gasteiger partial charge in [-0.1, -0.05) is 0 Å². The minimum atomic E-state index is -0.177. The molecule has 128 valence electrons. The molecule has 2 aliphatic heterocycles. The normalized spacial score (nSPS) is 18.9. The third kappa shape index (κ3) is 3.41. The fourth-order valence-electron chi connectivity index (χ4n) is 3.03. The van der Waals surface area contributed by atoms with E-state index in [9.17, 15) is 14.4 Å². The highest BCUT2D eigenvalue weighted by Gasteiger charge is 2.32. The monoisotopic (exact) mass is 330 g/mol. The summed E-state index contributed by atoms with van der Waals surface area (Å²) >= 11 is 0. The van der Waals surface area contributed by atoms with E-state index in [1.165, 1.54) is 0 Å². The Morgan fingerprint density at radius 1 is 1.38 bits per heavy atom. The Morgan fingerprint density at radius 3 is 2.83 bits per heavy atom. The molecule has 1 saturated heterocycles. The van der Waals surface area contributed by atoms with Gasteiger partial charge in [0.05, 0.1) is 19.0 Å². The van der Waals surface area contributed by atoms with Crippen LogP contribution in [0.5, 0.6) is 0 Å². The van der Waals surface area contributed by atoms with Crippen LogP contribution in [0.15, 0.2) is 18.2 Å². The van der Waals surface area contributed by atoms with E-state index in [4.69, 9.17) is 0 Å². The summed E-state index contributed by atoms with van der Waals surface area (Å²) in [5.74, 6) is -0.135. The van der Waals surface area contributed by atoms with Crippen molar-refractivity contribution in [2.24, 2.45) is 0 Å². The van der Waals surface area contributed by atoms with E-state index in [-0.39, 0.29) is 23.8 Å². The van der Waals surface area contributed by atoms with Crippen LogP contribution in [-0.2, 0) is 16.0 Å². The lowest BCUT2D eigenvalue weighted by molar-refractivity contribution is -0.139. The summed E-state index contributed by atoms with van der Waals surface area (Å²) in [6, 6.07) is 5.28. The quantitative estimate of drug-likeness (QED) is 0.801. The average molecular weight is 330 g/mol. The molecule has 0 aliphatic carbocycles. The predicted molar refractivity (Wildman–Crippen MR) is 89.8 cm³/mol. The molecule has 7 heteroatoms. The van der Waals surface area contributed by atoms with Crippen molar-refractivity contribution < 1.29 is 14.4 Å². The van der Waals surface area contributed by atoms with E-state index >= 15 is 0 Å². The Hall–Kier alpha value is -2.41. The Balaban J connectivity index is 1.54. The van der Waals surface area contributed by atoms with Crippen molar-refractivity contribution in [3.8, 4) is 0 Å². The van der Waals surface area contributed by atoms with E-state index in [2.05, 4.69) is 10.6 Å². The summed E-state index contributed by atoms with van der Waals surface area (Å²) in [5, 5.41) is 5.64. The third-order valence-corrected chi connectivity index (χ3v) is 4.41. The summed E-state index contributed by atoms with van der Waals surface area (Å²) in [5.41, 5.74) is 2.16. The molecular formula is C17H22N4O3. The summed E-state index contributed by atoms with van der Waals surface area (Å²) in [7, 11) is 3.73. The van der Waals surface area contributed by atoms with Gasteiger partial charge in [-0.25, -0.2) is 0 Å². The number of hydrogen-bond donors (Lipinski definition) is 2. The number of anilines is 1. The van der Waals surface area contributed by atoms with Gasteiger partial charge in [0, 0.05) is 24.3 Å². The van der Waals surface area contributed by atoms with Crippen LogP contribution in [-0.4, -0.2) is 67.3 Å². The molecule has 0 spiro atoms. The number of nitrogens with zero attached hydrogens (tertiary/aromatic N) is 2. The Labute approximate surface area is 141 Å². The summed E-state index contributed by atoms with van der Waals surface area (Å²) in [4.78, 5) is 39.4. The topological polar surface area (TPSA) is 81.8 Å². The molecule has 2 aliphatic rings. The molecule has 3 amide bonds. The number of rotatable bonds is 5. The van der Waals surface area contributed by atoms with Crippen LogP contribution in [0.1, 0.15) is 22.3 Å². The molecule has 7 nitrogen and oxygen atoms in total. The van der Waals surface area contributed by atoms with Crippen LogP contribution in [0.4, 0.5) is 5.69 Å². The zero-order valence-electron chi connectivity index (χ0n) is 14.0. The lowest BCUT2D eigenvalue weighted by Crippen LogP contribution is -2.57. The van der Waals surface area contributed by atoms with Crippen LogP contribution in [0.3, 0.4) is 0 Å². The highest BCUT2D eigenvalue weighted by molar-refractivity contribution is 6.01. The van der Waals surface area contributed by atoms with Crippen LogP contribution < -0.4 is 10.6 Å². The molecule has 0 aromatic heterocycles. The number of carbonyl (C=O) groups excluding carboxylic acids is 3. The molecule has 1 atom stereocenters. The van der Waals surface area contributed by atoms with Gasteiger partial charge in [-0.05, 0) is 44.3 Å². The highest BCUT2D eigenvalue weighted by Crippen LogP contribution is 2.24. The molecular weight excluding hydrogens is 308 g/mol. The predicted octanol–water partition coefficient (Wildman–Crippen LogP) is 0.0735. The smallest absolute Gasteiger partial charge is 0.251 e. The highest BCUT2D eigenvalue weighted by atomic mass is 16.2. The number of likely N-dealkylation sites (tertiary alicyclic amines) is 1. The second-order valence-corrected chi connectivity index (χ2v) is 6.57. The van der Waals surface area contributed by atoms with E-state index in [0.29, 0.717) is 25.1 Å². The van der Waals surface area contributed by atoms with Crippen molar-refractivity contribution in [3.05, 3.63) is 29.3 Å². The third-order valence-electron chi connectivity index (χ3n) is 4.41. The maximum atomic E-state index is 12.3. The molecule has 0 radical (unpaired) electrons. The van der Waals surface area contributed by atoms with Gasteiger partial charge in [-0.3, -0.25) is 14.4 Å². The number of likely N-dealkylation sites (N-methyl/N-ethyl adjacent to an activating group) is 1. The largest absolute Gasteiger partial charge is 0.350 e. The molecule has 2 heterocycles. The Morgan fingerprint density at radius 2 is 2.17 bits per heavy atom.